The molecule has 0 spiro atoms. The highest BCUT2D eigenvalue weighted by Gasteiger charge is 2.10. The normalized spacial score (nSPS) is 10.4. The lowest BCUT2D eigenvalue weighted by Crippen LogP contribution is -2.13. The second kappa shape index (κ2) is 10.1. The van der Waals surface area contributed by atoms with Crippen molar-refractivity contribution in [1.82, 2.24) is 0 Å². The van der Waals surface area contributed by atoms with E-state index in [1.807, 2.05) is 0 Å². The van der Waals surface area contributed by atoms with E-state index in [9.17, 15) is 9.59 Å². The van der Waals surface area contributed by atoms with Crippen LogP contribution in [-0.4, -0.2) is 18.4 Å². The van der Waals surface area contributed by atoms with Gasteiger partial charge in [-0.15, -0.1) is 0 Å². The summed E-state index contributed by atoms with van der Waals surface area (Å²) in [7, 11) is 0. The zero-order valence-electron chi connectivity index (χ0n) is 16.3. The Morgan fingerprint density at radius 2 is 1.62 bits per heavy atom. The third kappa shape index (κ3) is 5.97. The minimum absolute atomic E-state index is 0.219. The molecule has 1 heterocycles. The van der Waals surface area contributed by atoms with Gasteiger partial charge < -0.3 is 19.8 Å². The van der Waals surface area contributed by atoms with Gasteiger partial charge in [-0.05, 0) is 61.0 Å². The Hall–Kier alpha value is -3.54. The van der Waals surface area contributed by atoms with E-state index in [0.29, 0.717) is 23.5 Å². The first-order chi connectivity index (χ1) is 14.2. The molecule has 0 aliphatic rings. The summed E-state index contributed by atoms with van der Waals surface area (Å²) in [5.41, 5.74) is 1.66. The van der Waals surface area contributed by atoms with Crippen LogP contribution in [0.5, 0.6) is 5.75 Å². The quantitative estimate of drug-likeness (QED) is 0.481. The van der Waals surface area contributed by atoms with Crippen LogP contribution in [0.3, 0.4) is 0 Å². The number of hydrogen-bond donors (Lipinski definition) is 2. The van der Waals surface area contributed by atoms with E-state index in [1.54, 1.807) is 60.7 Å². The molecule has 6 heteroatoms. The van der Waals surface area contributed by atoms with Crippen LogP contribution in [0.4, 0.5) is 11.4 Å². The van der Waals surface area contributed by atoms with Gasteiger partial charge in [-0.1, -0.05) is 25.8 Å². The molecule has 6 nitrogen and oxygen atoms in total. The fraction of sp³-hybridized carbons (Fsp3) is 0.217. The summed E-state index contributed by atoms with van der Waals surface area (Å²) in [5, 5.41) is 5.56. The third-order valence-electron chi connectivity index (χ3n) is 4.26. The number of carbonyl (C=O) groups excluding carboxylic acids is 2. The van der Waals surface area contributed by atoms with Crippen molar-refractivity contribution in [1.29, 1.82) is 0 Å². The molecule has 0 unspecified atom stereocenters. The molecule has 0 aliphatic heterocycles. The van der Waals surface area contributed by atoms with E-state index in [4.69, 9.17) is 9.15 Å². The lowest BCUT2D eigenvalue weighted by atomic mass is 10.2. The maximum absolute atomic E-state index is 12.5. The number of carbonyl (C=O) groups is 2. The van der Waals surface area contributed by atoms with Crippen LogP contribution in [0.2, 0.25) is 0 Å². The summed E-state index contributed by atoms with van der Waals surface area (Å²) in [6, 6.07) is 17.2. The van der Waals surface area contributed by atoms with Gasteiger partial charge >= 0.3 is 0 Å². The fourth-order valence-electron chi connectivity index (χ4n) is 2.72. The third-order valence-corrected chi connectivity index (χ3v) is 4.26. The van der Waals surface area contributed by atoms with Crippen molar-refractivity contribution in [3.8, 4) is 5.75 Å². The topological polar surface area (TPSA) is 80.6 Å². The molecule has 0 radical (unpaired) electrons. The Morgan fingerprint density at radius 1 is 0.897 bits per heavy atom. The predicted octanol–water partition coefficient (Wildman–Crippen LogP) is 5.35. The van der Waals surface area contributed by atoms with Crippen molar-refractivity contribution in [2.75, 3.05) is 17.2 Å². The summed E-state index contributed by atoms with van der Waals surface area (Å²) in [4.78, 5) is 24.6. The minimum atomic E-state index is -0.354. The Kier molecular flexibility index (Phi) is 7.05. The Bertz CT molecular complexity index is 934. The number of rotatable bonds is 9. The molecule has 0 saturated heterocycles. The summed E-state index contributed by atoms with van der Waals surface area (Å²) in [5.74, 6) is 0.377. The standard InChI is InChI=1S/C23H24N2O4/c1-2-3-4-14-28-20-12-10-17(11-13-20)22(26)24-18-7-5-8-19(16-18)25-23(27)21-9-6-15-29-21/h5-13,15-16H,2-4,14H2,1H3,(H,24,26)(H,25,27). The van der Waals surface area contributed by atoms with E-state index >= 15 is 0 Å². The summed E-state index contributed by atoms with van der Waals surface area (Å²) < 4.78 is 10.7. The first kappa shape index (κ1) is 20.2. The van der Waals surface area contributed by atoms with Crippen LogP contribution in [-0.2, 0) is 0 Å². The largest absolute Gasteiger partial charge is 0.494 e. The van der Waals surface area contributed by atoms with Gasteiger partial charge in [-0.25, -0.2) is 0 Å². The van der Waals surface area contributed by atoms with Gasteiger partial charge in [-0.2, -0.15) is 0 Å². The van der Waals surface area contributed by atoms with Gasteiger partial charge in [0.1, 0.15) is 5.75 Å². The molecule has 150 valence electrons. The van der Waals surface area contributed by atoms with E-state index in [1.165, 1.54) is 6.26 Å². The molecular weight excluding hydrogens is 368 g/mol. The second-order valence-corrected chi connectivity index (χ2v) is 6.55. The van der Waals surface area contributed by atoms with Gasteiger partial charge in [0.25, 0.3) is 11.8 Å². The molecule has 3 aromatic rings. The van der Waals surface area contributed by atoms with Crippen molar-refractivity contribution >= 4 is 23.2 Å². The smallest absolute Gasteiger partial charge is 0.291 e. The van der Waals surface area contributed by atoms with Crippen molar-refractivity contribution in [3.63, 3.8) is 0 Å². The molecule has 3 rings (SSSR count). The van der Waals surface area contributed by atoms with E-state index < -0.39 is 0 Å². The maximum Gasteiger partial charge on any atom is 0.291 e. The minimum Gasteiger partial charge on any atom is -0.494 e. The lowest BCUT2D eigenvalue weighted by Gasteiger charge is -2.09. The van der Waals surface area contributed by atoms with Crippen molar-refractivity contribution < 1.29 is 18.7 Å². The number of ether oxygens (including phenoxy) is 1. The van der Waals surface area contributed by atoms with Crippen LogP contribution in [0.15, 0.2) is 71.3 Å². The van der Waals surface area contributed by atoms with Crippen LogP contribution in [0.1, 0.15) is 47.1 Å². The van der Waals surface area contributed by atoms with Gasteiger partial charge in [0.05, 0.1) is 12.9 Å². The average molecular weight is 392 g/mol. The fourth-order valence-corrected chi connectivity index (χ4v) is 2.72. The van der Waals surface area contributed by atoms with Gasteiger partial charge in [0.2, 0.25) is 0 Å². The van der Waals surface area contributed by atoms with Crippen LogP contribution in [0, 0.1) is 0 Å². The van der Waals surface area contributed by atoms with Gasteiger partial charge in [-0.3, -0.25) is 9.59 Å². The number of benzene rings is 2. The number of unbranched alkanes of at least 4 members (excludes halogenated alkanes) is 2. The molecule has 0 aliphatic carbocycles. The lowest BCUT2D eigenvalue weighted by molar-refractivity contribution is 0.0995. The molecule has 2 N–H and O–H groups in total. The highest BCUT2D eigenvalue weighted by atomic mass is 16.5. The number of amides is 2. The Labute approximate surface area is 169 Å². The van der Waals surface area contributed by atoms with E-state index in [2.05, 4.69) is 17.6 Å². The molecule has 0 saturated carbocycles. The summed E-state index contributed by atoms with van der Waals surface area (Å²) >= 11 is 0. The first-order valence-corrected chi connectivity index (χ1v) is 9.65. The predicted molar refractivity (Wildman–Crippen MR) is 113 cm³/mol. The number of nitrogens with one attached hydrogen (secondary N) is 2. The first-order valence-electron chi connectivity index (χ1n) is 9.65. The van der Waals surface area contributed by atoms with E-state index in [0.717, 1.165) is 25.0 Å². The van der Waals surface area contributed by atoms with Crippen molar-refractivity contribution in [2.45, 2.75) is 26.2 Å². The SMILES string of the molecule is CCCCCOc1ccc(C(=O)Nc2cccc(NC(=O)c3ccco3)c2)cc1. The highest BCUT2D eigenvalue weighted by molar-refractivity contribution is 6.05. The zero-order chi connectivity index (χ0) is 20.5. The van der Waals surface area contributed by atoms with E-state index in [-0.39, 0.29) is 17.6 Å². The molecule has 0 bridgehead atoms. The number of hydrogen-bond acceptors (Lipinski definition) is 4. The molecule has 1 aromatic heterocycles. The average Bonchev–Trinajstić information content (AvgIpc) is 3.27. The van der Waals surface area contributed by atoms with Crippen LogP contribution < -0.4 is 15.4 Å². The summed E-state index contributed by atoms with van der Waals surface area (Å²) in [6.07, 6.45) is 4.75. The number of anilines is 2. The molecule has 2 amide bonds. The Balaban J connectivity index is 1.57. The van der Waals surface area contributed by atoms with Crippen molar-refractivity contribution in [3.05, 3.63) is 78.3 Å². The molecule has 2 aromatic carbocycles. The molecule has 0 fully saturated rings. The van der Waals surface area contributed by atoms with Crippen molar-refractivity contribution in [2.24, 2.45) is 0 Å². The molecule has 29 heavy (non-hydrogen) atoms. The van der Waals surface area contributed by atoms with Gasteiger partial charge in [0.15, 0.2) is 5.76 Å². The molecular formula is C23H24N2O4. The zero-order valence-corrected chi connectivity index (χ0v) is 16.3. The maximum atomic E-state index is 12.5. The molecule has 0 atom stereocenters. The van der Waals surface area contributed by atoms with Gasteiger partial charge in [0, 0.05) is 16.9 Å². The number of furan rings is 1. The monoisotopic (exact) mass is 392 g/mol. The highest BCUT2D eigenvalue weighted by Crippen LogP contribution is 2.18. The van der Waals surface area contributed by atoms with Crippen LogP contribution in [0.25, 0.3) is 0 Å². The van der Waals surface area contributed by atoms with Crippen LogP contribution >= 0.6 is 0 Å². The second-order valence-electron chi connectivity index (χ2n) is 6.55. The Morgan fingerprint density at radius 3 is 2.28 bits per heavy atom. The summed E-state index contributed by atoms with van der Waals surface area (Å²) in [6.45, 7) is 2.83.